The molecule has 1 heterocycles. The molecule has 0 bridgehead atoms. The van der Waals surface area contributed by atoms with Gasteiger partial charge in [-0.05, 0) is 25.5 Å². The number of amides is 1. The van der Waals surface area contributed by atoms with Crippen LogP contribution in [0.15, 0.2) is 12.1 Å². The third-order valence-electron chi connectivity index (χ3n) is 2.02. The molecule has 90 valence electrons. The second-order valence-electron chi connectivity index (χ2n) is 3.45. The zero-order valence-electron chi connectivity index (χ0n) is 9.46. The van der Waals surface area contributed by atoms with E-state index < -0.39 is 0 Å². The fraction of sp³-hybridized carbons (Fsp3) is 0.545. The van der Waals surface area contributed by atoms with Crippen molar-refractivity contribution in [3.05, 3.63) is 21.3 Å². The van der Waals surface area contributed by atoms with E-state index in [9.17, 15) is 4.79 Å². The lowest BCUT2D eigenvalue weighted by molar-refractivity contribution is -0.120. The Kier molecular flexibility index (Phi) is 6.24. The normalized spacial score (nSPS) is 12.4. The lowest BCUT2D eigenvalue weighted by Gasteiger charge is -2.10. The number of thioether (sulfide) groups is 1. The molecule has 1 N–H and O–H groups in total. The lowest BCUT2D eigenvalue weighted by atomic mass is 10.4. The van der Waals surface area contributed by atoms with Crippen molar-refractivity contribution in [1.82, 2.24) is 5.32 Å². The Labute approximate surface area is 110 Å². The third kappa shape index (κ3) is 4.76. The van der Waals surface area contributed by atoms with Crippen molar-refractivity contribution in [1.29, 1.82) is 0 Å². The maximum Gasteiger partial charge on any atom is 0.232 e. The fourth-order valence-corrected chi connectivity index (χ4v) is 3.17. The van der Waals surface area contributed by atoms with Gasteiger partial charge in [-0.15, -0.1) is 23.1 Å². The van der Waals surface area contributed by atoms with Crippen molar-refractivity contribution < 1.29 is 4.79 Å². The van der Waals surface area contributed by atoms with Crippen molar-refractivity contribution in [2.75, 3.05) is 6.54 Å². The van der Waals surface area contributed by atoms with Crippen LogP contribution in [0.5, 0.6) is 0 Å². The molecule has 0 spiro atoms. The smallest absolute Gasteiger partial charge is 0.232 e. The Hall–Kier alpha value is -0.190. The molecule has 0 aromatic carbocycles. The molecule has 0 radical (unpaired) electrons. The quantitative estimate of drug-likeness (QED) is 0.862. The minimum Gasteiger partial charge on any atom is -0.355 e. The largest absolute Gasteiger partial charge is 0.355 e. The first-order chi connectivity index (χ1) is 7.63. The molecule has 0 fully saturated rings. The van der Waals surface area contributed by atoms with Crippen LogP contribution in [0.25, 0.3) is 0 Å². The van der Waals surface area contributed by atoms with Crippen LogP contribution in [0.3, 0.4) is 0 Å². The van der Waals surface area contributed by atoms with Gasteiger partial charge in [0.05, 0.1) is 9.59 Å². The van der Waals surface area contributed by atoms with Crippen LogP contribution in [0.4, 0.5) is 0 Å². The van der Waals surface area contributed by atoms with Gasteiger partial charge in [0, 0.05) is 17.2 Å². The molecule has 1 atom stereocenters. The predicted molar refractivity (Wildman–Crippen MR) is 73.4 cm³/mol. The van der Waals surface area contributed by atoms with Crippen molar-refractivity contribution in [2.45, 2.75) is 31.3 Å². The SMILES string of the molecule is CCCNC(=O)C(C)SCc1ccc(Cl)s1. The highest BCUT2D eigenvalue weighted by molar-refractivity contribution is 7.99. The van der Waals surface area contributed by atoms with Gasteiger partial charge in [0.1, 0.15) is 0 Å². The monoisotopic (exact) mass is 277 g/mol. The number of halogens is 1. The zero-order valence-corrected chi connectivity index (χ0v) is 11.8. The minimum atomic E-state index is -0.00701. The first-order valence-electron chi connectivity index (χ1n) is 5.27. The molecule has 1 rings (SSSR count). The molecule has 0 aliphatic heterocycles. The van der Waals surface area contributed by atoms with E-state index in [1.165, 1.54) is 4.88 Å². The van der Waals surface area contributed by atoms with Gasteiger partial charge in [0.15, 0.2) is 0 Å². The molecular formula is C11H16ClNOS2. The van der Waals surface area contributed by atoms with E-state index in [1.807, 2.05) is 26.0 Å². The summed E-state index contributed by atoms with van der Waals surface area (Å²) in [6.45, 7) is 4.74. The average Bonchev–Trinajstić information content (AvgIpc) is 2.68. The summed E-state index contributed by atoms with van der Waals surface area (Å²) >= 11 is 9.05. The summed E-state index contributed by atoms with van der Waals surface area (Å²) in [6, 6.07) is 3.90. The van der Waals surface area contributed by atoms with Crippen LogP contribution in [0.1, 0.15) is 25.1 Å². The van der Waals surface area contributed by atoms with Gasteiger partial charge in [-0.2, -0.15) is 0 Å². The minimum absolute atomic E-state index is 0.00701. The van der Waals surface area contributed by atoms with Crippen molar-refractivity contribution in [2.24, 2.45) is 0 Å². The number of carbonyl (C=O) groups is 1. The number of rotatable bonds is 6. The summed E-state index contributed by atoms with van der Waals surface area (Å²) in [5.74, 6) is 0.965. The van der Waals surface area contributed by atoms with Crippen LogP contribution >= 0.6 is 34.7 Å². The highest BCUT2D eigenvalue weighted by Gasteiger charge is 2.12. The molecule has 1 unspecified atom stereocenters. The van der Waals surface area contributed by atoms with E-state index in [-0.39, 0.29) is 11.2 Å². The lowest BCUT2D eigenvalue weighted by Crippen LogP contribution is -2.31. The zero-order chi connectivity index (χ0) is 12.0. The van der Waals surface area contributed by atoms with Crippen molar-refractivity contribution in [3.8, 4) is 0 Å². The maximum atomic E-state index is 11.6. The maximum absolute atomic E-state index is 11.6. The second-order valence-corrected chi connectivity index (χ2v) is 6.58. The molecular weight excluding hydrogens is 262 g/mol. The van der Waals surface area contributed by atoms with Gasteiger partial charge < -0.3 is 5.32 Å². The van der Waals surface area contributed by atoms with Gasteiger partial charge >= 0.3 is 0 Å². The van der Waals surface area contributed by atoms with E-state index in [0.29, 0.717) is 0 Å². The fourth-order valence-electron chi connectivity index (χ4n) is 1.10. The van der Waals surface area contributed by atoms with Crippen LogP contribution in [0.2, 0.25) is 4.34 Å². The summed E-state index contributed by atoms with van der Waals surface area (Å²) in [5, 5.41) is 2.88. The van der Waals surface area contributed by atoms with Gasteiger partial charge in [-0.1, -0.05) is 18.5 Å². The summed E-state index contributed by atoms with van der Waals surface area (Å²) < 4.78 is 0.804. The highest BCUT2D eigenvalue weighted by atomic mass is 35.5. The number of thiophene rings is 1. The predicted octanol–water partition coefficient (Wildman–Crippen LogP) is 3.55. The standard InChI is InChI=1S/C11H16ClNOS2/c1-3-6-13-11(14)8(2)15-7-9-4-5-10(12)16-9/h4-5,8H,3,6-7H2,1-2H3,(H,13,14). The van der Waals surface area contributed by atoms with E-state index in [1.54, 1.807) is 23.1 Å². The van der Waals surface area contributed by atoms with Gasteiger partial charge in [0.25, 0.3) is 0 Å². The molecule has 0 aliphatic rings. The molecule has 0 saturated heterocycles. The van der Waals surface area contributed by atoms with Gasteiger partial charge in [-0.25, -0.2) is 0 Å². The Balaban J connectivity index is 2.29. The molecule has 1 aromatic heterocycles. The summed E-state index contributed by atoms with van der Waals surface area (Å²) in [4.78, 5) is 12.8. The molecule has 16 heavy (non-hydrogen) atoms. The molecule has 0 aliphatic carbocycles. The van der Waals surface area contributed by atoms with E-state index in [0.717, 1.165) is 23.1 Å². The van der Waals surface area contributed by atoms with E-state index >= 15 is 0 Å². The van der Waals surface area contributed by atoms with Crippen LogP contribution in [0, 0.1) is 0 Å². The molecule has 5 heteroatoms. The molecule has 2 nitrogen and oxygen atoms in total. The van der Waals surface area contributed by atoms with E-state index in [2.05, 4.69) is 5.32 Å². The Morgan fingerprint density at radius 2 is 2.38 bits per heavy atom. The average molecular weight is 278 g/mol. The van der Waals surface area contributed by atoms with Crippen molar-refractivity contribution in [3.63, 3.8) is 0 Å². The third-order valence-corrected chi connectivity index (χ3v) is 4.63. The molecule has 1 aromatic rings. The number of hydrogen-bond acceptors (Lipinski definition) is 3. The summed E-state index contributed by atoms with van der Waals surface area (Å²) in [6.07, 6.45) is 0.976. The Bertz CT molecular complexity index is 340. The molecule has 1 amide bonds. The summed E-state index contributed by atoms with van der Waals surface area (Å²) in [7, 11) is 0. The first kappa shape index (κ1) is 13.9. The van der Waals surface area contributed by atoms with Crippen LogP contribution in [-0.4, -0.2) is 17.7 Å². The number of carbonyl (C=O) groups excluding carboxylic acids is 1. The highest BCUT2D eigenvalue weighted by Crippen LogP contribution is 2.26. The Morgan fingerprint density at radius 1 is 1.62 bits per heavy atom. The van der Waals surface area contributed by atoms with E-state index in [4.69, 9.17) is 11.6 Å². The van der Waals surface area contributed by atoms with Gasteiger partial charge in [0.2, 0.25) is 5.91 Å². The number of hydrogen-bond donors (Lipinski definition) is 1. The number of nitrogens with one attached hydrogen (secondary N) is 1. The Morgan fingerprint density at radius 3 is 2.94 bits per heavy atom. The van der Waals surface area contributed by atoms with Gasteiger partial charge in [-0.3, -0.25) is 4.79 Å². The first-order valence-corrected chi connectivity index (χ1v) is 7.51. The van der Waals surface area contributed by atoms with Crippen LogP contribution < -0.4 is 5.32 Å². The topological polar surface area (TPSA) is 29.1 Å². The second kappa shape index (κ2) is 7.20. The van der Waals surface area contributed by atoms with Crippen LogP contribution in [-0.2, 0) is 10.5 Å². The molecule has 0 saturated carbocycles. The van der Waals surface area contributed by atoms with Crippen molar-refractivity contribution >= 4 is 40.6 Å². The summed E-state index contributed by atoms with van der Waals surface area (Å²) in [5.41, 5.74) is 0.